The van der Waals surface area contributed by atoms with Gasteiger partial charge in [-0.05, 0) is 80.3 Å². The molecular weight excluding hydrogens is 420 g/mol. The molecule has 5 aromatic rings. The van der Waals surface area contributed by atoms with Crippen molar-refractivity contribution in [3.05, 3.63) is 142 Å². The van der Waals surface area contributed by atoms with Gasteiger partial charge >= 0.3 is 0 Å². The van der Waals surface area contributed by atoms with E-state index < -0.39 is 0 Å². The highest BCUT2D eigenvalue weighted by molar-refractivity contribution is 6.30. The van der Waals surface area contributed by atoms with Gasteiger partial charge in [-0.15, -0.1) is 0 Å². The third-order valence-corrected chi connectivity index (χ3v) is 7.73. The molecule has 0 heterocycles. The van der Waals surface area contributed by atoms with Crippen molar-refractivity contribution >= 4 is 11.6 Å². The summed E-state index contributed by atoms with van der Waals surface area (Å²) >= 11 is 6.35. The molecule has 2 aliphatic carbocycles. The van der Waals surface area contributed by atoms with Crippen molar-refractivity contribution in [3.63, 3.8) is 0 Å². The van der Waals surface area contributed by atoms with Gasteiger partial charge in [0.25, 0.3) is 0 Å². The Morgan fingerprint density at radius 1 is 0.485 bits per heavy atom. The Bertz CT molecular complexity index is 1530. The van der Waals surface area contributed by atoms with Gasteiger partial charge in [0.2, 0.25) is 0 Å². The molecule has 0 aromatic heterocycles. The first-order valence-electron chi connectivity index (χ1n) is 11.4. The van der Waals surface area contributed by atoms with E-state index in [0.29, 0.717) is 0 Å². The summed E-state index contributed by atoms with van der Waals surface area (Å²) in [5.41, 5.74) is 14.2. The molecule has 33 heavy (non-hydrogen) atoms. The van der Waals surface area contributed by atoms with E-state index in [-0.39, 0.29) is 5.41 Å². The number of halogens is 1. The van der Waals surface area contributed by atoms with E-state index in [1.807, 2.05) is 6.07 Å². The van der Waals surface area contributed by atoms with Crippen LogP contribution < -0.4 is 0 Å². The predicted octanol–water partition coefficient (Wildman–Crippen LogP) is 8.66. The lowest BCUT2D eigenvalue weighted by molar-refractivity contribution is 0.795. The van der Waals surface area contributed by atoms with Gasteiger partial charge in [-0.2, -0.15) is 0 Å². The summed E-state index contributed by atoms with van der Waals surface area (Å²) in [4.78, 5) is 0. The van der Waals surface area contributed by atoms with Gasteiger partial charge in [-0.3, -0.25) is 0 Å². The van der Waals surface area contributed by atoms with Gasteiger partial charge < -0.3 is 0 Å². The van der Waals surface area contributed by atoms with Crippen LogP contribution in [-0.4, -0.2) is 0 Å². The first-order chi connectivity index (χ1) is 16.2. The number of hydrogen-bond acceptors (Lipinski definition) is 0. The lowest BCUT2D eigenvalue weighted by Gasteiger charge is -2.32. The van der Waals surface area contributed by atoms with Crippen molar-refractivity contribution in [1.82, 2.24) is 0 Å². The van der Waals surface area contributed by atoms with Crippen LogP contribution in [0.4, 0.5) is 0 Å². The Balaban J connectivity index is 1.70. The van der Waals surface area contributed by atoms with Crippen LogP contribution in [0.2, 0.25) is 5.02 Å². The Morgan fingerprint density at radius 3 is 1.48 bits per heavy atom. The van der Waals surface area contributed by atoms with E-state index in [2.05, 4.69) is 110 Å². The second kappa shape index (κ2) is 6.70. The fourth-order valence-electron chi connectivity index (χ4n) is 6.31. The second-order valence-electron chi connectivity index (χ2n) is 9.07. The van der Waals surface area contributed by atoms with Crippen LogP contribution in [0, 0.1) is 6.92 Å². The largest absolute Gasteiger partial charge is 0.0843 e. The first kappa shape index (κ1) is 18.9. The fraction of sp³-hybridized carbons (Fsp3) is 0.0625. The smallest absolute Gasteiger partial charge is 0.0731 e. The predicted molar refractivity (Wildman–Crippen MR) is 138 cm³/mol. The van der Waals surface area contributed by atoms with Gasteiger partial charge in [-0.1, -0.05) is 109 Å². The summed E-state index contributed by atoms with van der Waals surface area (Å²) in [6.45, 7) is 2.16. The number of fused-ring (bicyclic) bond motifs is 10. The normalized spacial score (nSPS) is 14.0. The molecule has 0 aliphatic heterocycles. The minimum Gasteiger partial charge on any atom is -0.0843 e. The van der Waals surface area contributed by atoms with Crippen molar-refractivity contribution in [2.24, 2.45) is 0 Å². The zero-order valence-electron chi connectivity index (χ0n) is 18.3. The summed E-state index contributed by atoms with van der Waals surface area (Å²) < 4.78 is 0. The molecule has 0 N–H and O–H groups in total. The minimum atomic E-state index is -0.332. The van der Waals surface area contributed by atoms with Gasteiger partial charge in [0, 0.05) is 5.02 Å². The van der Waals surface area contributed by atoms with Crippen LogP contribution in [0.25, 0.3) is 33.4 Å². The average Bonchev–Trinajstić information content (AvgIpc) is 3.32. The average molecular weight is 441 g/mol. The van der Waals surface area contributed by atoms with Gasteiger partial charge in [-0.25, -0.2) is 0 Å². The summed E-state index contributed by atoms with van der Waals surface area (Å²) in [6.07, 6.45) is 0. The minimum absolute atomic E-state index is 0.332. The third kappa shape index (κ3) is 2.32. The van der Waals surface area contributed by atoms with Crippen molar-refractivity contribution in [1.29, 1.82) is 0 Å². The quantitative estimate of drug-likeness (QED) is 0.239. The molecule has 156 valence electrons. The molecule has 0 nitrogen and oxygen atoms in total. The molecule has 0 saturated carbocycles. The van der Waals surface area contributed by atoms with Gasteiger partial charge in [0.05, 0.1) is 5.41 Å². The Kier molecular flexibility index (Phi) is 3.84. The number of aryl methyl sites for hydroxylation is 1. The number of benzene rings is 5. The van der Waals surface area contributed by atoms with Crippen molar-refractivity contribution in [2.45, 2.75) is 12.3 Å². The van der Waals surface area contributed by atoms with E-state index >= 15 is 0 Å². The van der Waals surface area contributed by atoms with Crippen molar-refractivity contribution < 1.29 is 0 Å². The van der Waals surface area contributed by atoms with Gasteiger partial charge in [0.1, 0.15) is 0 Å². The maximum absolute atomic E-state index is 6.35. The fourth-order valence-corrected chi connectivity index (χ4v) is 6.54. The monoisotopic (exact) mass is 440 g/mol. The SMILES string of the molecule is Cc1cc(Cl)ccc1-c1cccc2c1C1(c3ccccc3-c3ccccc31)c1ccccc1-2. The molecule has 5 aromatic carbocycles. The zero-order chi connectivity index (χ0) is 22.2. The van der Waals surface area contributed by atoms with E-state index in [9.17, 15) is 0 Å². The van der Waals surface area contributed by atoms with E-state index in [4.69, 9.17) is 11.6 Å². The molecule has 0 saturated heterocycles. The Labute approximate surface area is 199 Å². The molecule has 0 unspecified atom stereocenters. The van der Waals surface area contributed by atoms with E-state index in [0.717, 1.165) is 5.02 Å². The molecule has 2 aliphatic rings. The number of rotatable bonds is 1. The van der Waals surface area contributed by atoms with Crippen LogP contribution in [-0.2, 0) is 5.41 Å². The lowest BCUT2D eigenvalue weighted by Crippen LogP contribution is -2.26. The molecular formula is C32H21Cl. The Morgan fingerprint density at radius 2 is 0.939 bits per heavy atom. The van der Waals surface area contributed by atoms with Crippen LogP contribution in [0.5, 0.6) is 0 Å². The van der Waals surface area contributed by atoms with Crippen LogP contribution in [0.15, 0.2) is 109 Å². The summed E-state index contributed by atoms with van der Waals surface area (Å²) in [5.74, 6) is 0. The van der Waals surface area contributed by atoms with E-state index in [1.54, 1.807) is 0 Å². The first-order valence-corrected chi connectivity index (χ1v) is 11.8. The van der Waals surface area contributed by atoms with Gasteiger partial charge in [0.15, 0.2) is 0 Å². The Hall–Kier alpha value is -3.61. The summed E-state index contributed by atoms with van der Waals surface area (Å²) in [6, 6.07) is 39.9. The highest BCUT2D eigenvalue weighted by atomic mass is 35.5. The highest BCUT2D eigenvalue weighted by Gasteiger charge is 2.52. The van der Waals surface area contributed by atoms with Crippen molar-refractivity contribution in [3.8, 4) is 33.4 Å². The molecule has 0 amide bonds. The maximum atomic E-state index is 6.35. The standard InChI is InChI=1S/C32H21Cl/c1-20-19-21(33)17-18-22(20)26-12-8-13-27-25-11-4-7-16-30(25)32(31(26)27)28-14-5-2-9-23(28)24-10-3-6-15-29(24)32/h2-19H,1H3. The number of hydrogen-bond donors (Lipinski definition) is 0. The third-order valence-electron chi connectivity index (χ3n) is 7.49. The zero-order valence-corrected chi connectivity index (χ0v) is 19.0. The molecule has 0 bridgehead atoms. The highest BCUT2D eigenvalue weighted by Crippen LogP contribution is 2.64. The molecule has 0 radical (unpaired) electrons. The van der Waals surface area contributed by atoms with Crippen molar-refractivity contribution in [2.75, 3.05) is 0 Å². The van der Waals surface area contributed by atoms with E-state index in [1.165, 1.54) is 61.2 Å². The molecule has 0 fully saturated rings. The second-order valence-corrected chi connectivity index (χ2v) is 9.51. The topological polar surface area (TPSA) is 0 Å². The lowest BCUT2D eigenvalue weighted by atomic mass is 9.68. The molecule has 1 spiro atoms. The van der Waals surface area contributed by atoms with Crippen LogP contribution in [0.1, 0.15) is 27.8 Å². The molecule has 0 atom stereocenters. The van der Waals surface area contributed by atoms with Crippen LogP contribution >= 0.6 is 11.6 Å². The molecule has 7 rings (SSSR count). The summed E-state index contributed by atoms with van der Waals surface area (Å²) in [7, 11) is 0. The molecule has 1 heteroatoms. The van der Waals surface area contributed by atoms with Crippen LogP contribution in [0.3, 0.4) is 0 Å². The maximum Gasteiger partial charge on any atom is 0.0731 e. The summed E-state index contributed by atoms with van der Waals surface area (Å²) in [5, 5.41) is 0.776.